The van der Waals surface area contributed by atoms with Crippen molar-refractivity contribution in [2.45, 2.75) is 38.0 Å². The number of aliphatic carboxylic acids is 1. The maximum absolute atomic E-state index is 12.1. The van der Waals surface area contributed by atoms with Crippen molar-refractivity contribution in [2.75, 3.05) is 19.7 Å². The first-order valence-corrected chi connectivity index (χ1v) is 10.6. The van der Waals surface area contributed by atoms with E-state index in [-0.39, 0.29) is 31.4 Å². The molecule has 0 unspecified atom stereocenters. The molecule has 7 heteroatoms. The SMILES string of the molecule is O=C(O)CCCCCCNC(=O)CNC(=O)OCC1c2ccccc2-c2ccccc21. The Bertz CT molecular complexity index is 882. The fourth-order valence-electron chi connectivity index (χ4n) is 3.85. The molecular weight excluding hydrogens is 396 g/mol. The second-order valence-corrected chi connectivity index (χ2v) is 7.59. The Morgan fingerprint density at radius 1 is 0.839 bits per heavy atom. The molecular formula is C24H28N2O5. The van der Waals surface area contributed by atoms with Gasteiger partial charge in [-0.05, 0) is 35.1 Å². The van der Waals surface area contributed by atoms with E-state index in [1.807, 2.05) is 24.3 Å². The average molecular weight is 424 g/mol. The average Bonchev–Trinajstić information content (AvgIpc) is 3.09. The van der Waals surface area contributed by atoms with Crippen LogP contribution in [0, 0.1) is 0 Å². The first kappa shape index (κ1) is 22.3. The van der Waals surface area contributed by atoms with E-state index in [1.54, 1.807) is 0 Å². The number of ether oxygens (including phenoxy) is 1. The molecule has 2 aromatic rings. The molecule has 2 amide bonds. The number of benzene rings is 2. The highest BCUT2D eigenvalue weighted by atomic mass is 16.5. The second kappa shape index (κ2) is 11.2. The van der Waals surface area contributed by atoms with Crippen LogP contribution in [0.15, 0.2) is 48.5 Å². The third-order valence-corrected chi connectivity index (χ3v) is 5.38. The zero-order valence-corrected chi connectivity index (χ0v) is 17.4. The summed E-state index contributed by atoms with van der Waals surface area (Å²) in [6, 6.07) is 16.2. The second-order valence-electron chi connectivity index (χ2n) is 7.59. The number of fused-ring (bicyclic) bond motifs is 3. The third kappa shape index (κ3) is 6.31. The zero-order valence-electron chi connectivity index (χ0n) is 17.4. The first-order valence-electron chi connectivity index (χ1n) is 10.6. The molecule has 2 aromatic carbocycles. The molecule has 0 fully saturated rings. The number of unbranched alkanes of at least 4 members (excludes halogenated alkanes) is 3. The predicted molar refractivity (Wildman–Crippen MR) is 117 cm³/mol. The summed E-state index contributed by atoms with van der Waals surface area (Å²) in [4.78, 5) is 34.4. The normalized spacial score (nSPS) is 12.0. The van der Waals surface area contributed by atoms with E-state index in [9.17, 15) is 14.4 Å². The number of carboxylic acid groups (broad SMARTS) is 1. The number of amides is 2. The Morgan fingerprint density at radius 2 is 1.45 bits per heavy atom. The van der Waals surface area contributed by atoms with E-state index in [0.29, 0.717) is 13.0 Å². The van der Waals surface area contributed by atoms with E-state index in [4.69, 9.17) is 9.84 Å². The Morgan fingerprint density at radius 3 is 2.10 bits per heavy atom. The van der Waals surface area contributed by atoms with Crippen LogP contribution in [0.25, 0.3) is 11.1 Å². The fourth-order valence-corrected chi connectivity index (χ4v) is 3.85. The van der Waals surface area contributed by atoms with Crippen LogP contribution in [0.5, 0.6) is 0 Å². The Labute approximate surface area is 181 Å². The summed E-state index contributed by atoms with van der Waals surface area (Å²) in [7, 11) is 0. The molecule has 0 radical (unpaired) electrons. The van der Waals surface area contributed by atoms with Gasteiger partial charge in [-0.2, -0.15) is 0 Å². The van der Waals surface area contributed by atoms with E-state index < -0.39 is 12.1 Å². The van der Waals surface area contributed by atoms with Crippen LogP contribution in [0.2, 0.25) is 0 Å². The van der Waals surface area contributed by atoms with Crippen LogP contribution in [0.1, 0.15) is 49.1 Å². The molecule has 0 bridgehead atoms. The van der Waals surface area contributed by atoms with Gasteiger partial charge in [-0.15, -0.1) is 0 Å². The zero-order chi connectivity index (χ0) is 22.1. The minimum Gasteiger partial charge on any atom is -0.481 e. The van der Waals surface area contributed by atoms with E-state index in [1.165, 1.54) is 0 Å². The van der Waals surface area contributed by atoms with Gasteiger partial charge >= 0.3 is 12.1 Å². The van der Waals surface area contributed by atoms with Gasteiger partial charge in [0, 0.05) is 18.9 Å². The number of carbonyl (C=O) groups is 3. The third-order valence-electron chi connectivity index (χ3n) is 5.38. The molecule has 7 nitrogen and oxygen atoms in total. The quantitative estimate of drug-likeness (QED) is 0.477. The first-order chi connectivity index (χ1) is 15.1. The number of alkyl carbamates (subject to hydrolysis) is 1. The Kier molecular flexibility index (Phi) is 8.04. The molecule has 164 valence electrons. The standard InChI is InChI=1S/C24H28N2O5/c27-22(25-14-8-2-1-3-13-23(28)29)15-26-24(30)31-16-21-19-11-6-4-9-17(19)18-10-5-7-12-20(18)21/h4-7,9-12,21H,1-3,8,13-16H2,(H,25,27)(H,26,30)(H,28,29). The van der Waals surface area contributed by atoms with Crippen molar-refractivity contribution in [1.29, 1.82) is 0 Å². The lowest BCUT2D eigenvalue weighted by Crippen LogP contribution is -2.37. The maximum atomic E-state index is 12.1. The van der Waals surface area contributed by atoms with Crippen LogP contribution in [0.3, 0.4) is 0 Å². The summed E-state index contributed by atoms with van der Waals surface area (Å²) in [6.07, 6.45) is 2.65. The van der Waals surface area contributed by atoms with E-state index in [2.05, 4.69) is 34.9 Å². The lowest BCUT2D eigenvalue weighted by molar-refractivity contribution is -0.137. The molecule has 0 aromatic heterocycles. The highest BCUT2D eigenvalue weighted by Gasteiger charge is 2.28. The monoisotopic (exact) mass is 424 g/mol. The van der Waals surface area contributed by atoms with Gasteiger partial charge in [-0.3, -0.25) is 9.59 Å². The van der Waals surface area contributed by atoms with Gasteiger partial charge in [0.05, 0.1) is 6.54 Å². The van der Waals surface area contributed by atoms with Crippen LogP contribution in [0.4, 0.5) is 4.79 Å². The molecule has 0 spiro atoms. The summed E-state index contributed by atoms with van der Waals surface area (Å²) in [5.74, 6) is -1.08. The van der Waals surface area contributed by atoms with Crippen LogP contribution in [-0.2, 0) is 14.3 Å². The number of hydrogen-bond donors (Lipinski definition) is 3. The minimum atomic E-state index is -0.785. The fraction of sp³-hybridized carbons (Fsp3) is 0.375. The van der Waals surface area contributed by atoms with Gasteiger partial charge in [0.2, 0.25) is 5.91 Å². The van der Waals surface area contributed by atoms with Gasteiger partial charge in [-0.25, -0.2) is 4.79 Å². The van der Waals surface area contributed by atoms with E-state index in [0.717, 1.165) is 41.5 Å². The highest BCUT2D eigenvalue weighted by molar-refractivity contribution is 5.82. The molecule has 0 heterocycles. The van der Waals surface area contributed by atoms with Crippen molar-refractivity contribution in [2.24, 2.45) is 0 Å². The van der Waals surface area contributed by atoms with Gasteiger partial charge < -0.3 is 20.5 Å². The lowest BCUT2D eigenvalue weighted by Gasteiger charge is -2.14. The van der Waals surface area contributed by atoms with Gasteiger partial charge in [0.15, 0.2) is 0 Å². The van der Waals surface area contributed by atoms with Crippen molar-refractivity contribution >= 4 is 18.0 Å². The molecule has 1 aliphatic rings. The molecule has 0 saturated heterocycles. The number of carbonyl (C=O) groups excluding carboxylic acids is 2. The van der Waals surface area contributed by atoms with E-state index >= 15 is 0 Å². The van der Waals surface area contributed by atoms with Crippen molar-refractivity contribution in [3.05, 3.63) is 59.7 Å². The molecule has 31 heavy (non-hydrogen) atoms. The Balaban J connectivity index is 1.35. The largest absolute Gasteiger partial charge is 0.481 e. The number of rotatable bonds is 11. The number of hydrogen-bond acceptors (Lipinski definition) is 4. The van der Waals surface area contributed by atoms with Gasteiger partial charge in [0.25, 0.3) is 0 Å². The van der Waals surface area contributed by atoms with Crippen molar-refractivity contribution < 1.29 is 24.2 Å². The lowest BCUT2D eigenvalue weighted by atomic mass is 9.98. The molecule has 3 rings (SSSR count). The summed E-state index contributed by atoms with van der Waals surface area (Å²) in [6.45, 7) is 0.561. The molecule has 3 N–H and O–H groups in total. The summed E-state index contributed by atoms with van der Waals surface area (Å²) >= 11 is 0. The summed E-state index contributed by atoms with van der Waals surface area (Å²) in [5.41, 5.74) is 4.60. The van der Waals surface area contributed by atoms with Crippen LogP contribution < -0.4 is 10.6 Å². The van der Waals surface area contributed by atoms with Gasteiger partial charge in [-0.1, -0.05) is 61.4 Å². The van der Waals surface area contributed by atoms with Crippen molar-refractivity contribution in [3.8, 4) is 11.1 Å². The van der Waals surface area contributed by atoms with Crippen molar-refractivity contribution in [1.82, 2.24) is 10.6 Å². The van der Waals surface area contributed by atoms with Crippen molar-refractivity contribution in [3.63, 3.8) is 0 Å². The van der Waals surface area contributed by atoms with Crippen LogP contribution in [-0.4, -0.2) is 42.8 Å². The Hall–Kier alpha value is -3.35. The molecule has 0 saturated carbocycles. The predicted octanol–water partition coefficient (Wildman–Crippen LogP) is 3.68. The van der Waals surface area contributed by atoms with Gasteiger partial charge in [0.1, 0.15) is 6.61 Å². The topological polar surface area (TPSA) is 105 Å². The molecule has 0 atom stereocenters. The number of carboxylic acids is 1. The highest BCUT2D eigenvalue weighted by Crippen LogP contribution is 2.44. The summed E-state index contributed by atoms with van der Waals surface area (Å²) < 4.78 is 5.40. The number of nitrogens with one attached hydrogen (secondary N) is 2. The molecule has 1 aliphatic carbocycles. The van der Waals surface area contributed by atoms with Crippen LogP contribution >= 0.6 is 0 Å². The molecule has 0 aliphatic heterocycles. The maximum Gasteiger partial charge on any atom is 0.407 e. The summed E-state index contributed by atoms with van der Waals surface area (Å²) in [5, 5.41) is 13.8. The minimum absolute atomic E-state index is 0.0203. The smallest absolute Gasteiger partial charge is 0.407 e.